The quantitative estimate of drug-likeness (QED) is 0.473. The van der Waals surface area contributed by atoms with Gasteiger partial charge in [0.1, 0.15) is 0 Å². The molecule has 1 aliphatic heterocycles. The molecule has 2 aromatic carbocycles. The molecule has 0 saturated carbocycles. The number of likely N-dealkylation sites (tertiary alicyclic amines) is 1. The number of benzene rings is 2. The van der Waals surface area contributed by atoms with Crippen molar-refractivity contribution in [3.63, 3.8) is 0 Å². The molecule has 1 fully saturated rings. The first-order valence-electron chi connectivity index (χ1n) is 10.2. The summed E-state index contributed by atoms with van der Waals surface area (Å²) in [7, 11) is 0. The zero-order valence-corrected chi connectivity index (χ0v) is 18.8. The number of nitrogens with zero attached hydrogens (tertiary/aromatic N) is 4. The van der Waals surface area contributed by atoms with Crippen LogP contribution in [-0.2, 0) is 12.3 Å². The van der Waals surface area contributed by atoms with Crippen LogP contribution in [0, 0.1) is 6.92 Å². The second-order valence-electron chi connectivity index (χ2n) is 7.52. The molecular formula is C23H25ClN4OS. The van der Waals surface area contributed by atoms with E-state index in [-0.39, 0.29) is 11.9 Å². The number of thioether (sulfide) groups is 1. The third-order valence-corrected chi connectivity index (χ3v) is 6.74. The second kappa shape index (κ2) is 9.23. The predicted octanol–water partition coefficient (Wildman–Crippen LogP) is 5.53. The normalized spacial score (nSPS) is 16.2. The van der Waals surface area contributed by atoms with E-state index in [2.05, 4.69) is 21.7 Å². The van der Waals surface area contributed by atoms with E-state index in [0.717, 1.165) is 58.8 Å². The highest BCUT2D eigenvalue weighted by atomic mass is 35.5. The fourth-order valence-corrected chi connectivity index (χ4v) is 4.91. The van der Waals surface area contributed by atoms with Gasteiger partial charge >= 0.3 is 0 Å². The summed E-state index contributed by atoms with van der Waals surface area (Å²) in [5.41, 5.74) is 3.07. The SMILES string of the molecule is CCn1c(SCc2ccc(Cl)cc2)nnc1C1CCCN1C(=O)c1ccc(C)cc1. The van der Waals surface area contributed by atoms with Crippen molar-refractivity contribution in [2.45, 2.75) is 50.2 Å². The zero-order chi connectivity index (χ0) is 21.1. The lowest BCUT2D eigenvalue weighted by Gasteiger charge is -2.24. The van der Waals surface area contributed by atoms with Crippen LogP contribution in [0.3, 0.4) is 0 Å². The van der Waals surface area contributed by atoms with Crippen molar-refractivity contribution in [1.82, 2.24) is 19.7 Å². The van der Waals surface area contributed by atoms with Gasteiger partial charge in [0.15, 0.2) is 11.0 Å². The summed E-state index contributed by atoms with van der Waals surface area (Å²) in [4.78, 5) is 15.1. The Hall–Kier alpha value is -2.31. The van der Waals surface area contributed by atoms with Crippen LogP contribution < -0.4 is 0 Å². The van der Waals surface area contributed by atoms with Gasteiger partial charge in [-0.2, -0.15) is 0 Å². The minimum absolute atomic E-state index is 0.0314. The van der Waals surface area contributed by atoms with Crippen molar-refractivity contribution in [2.75, 3.05) is 6.54 Å². The molecule has 5 nitrogen and oxygen atoms in total. The molecule has 3 aromatic rings. The number of carbonyl (C=O) groups is 1. The minimum Gasteiger partial charge on any atom is -0.328 e. The molecule has 0 radical (unpaired) electrons. The number of amides is 1. The highest BCUT2D eigenvalue weighted by molar-refractivity contribution is 7.98. The van der Waals surface area contributed by atoms with E-state index in [1.54, 1.807) is 11.8 Å². The molecule has 4 rings (SSSR count). The standard InChI is InChI=1S/C23H25ClN4OS/c1-3-27-21(25-26-23(27)30-15-17-8-12-19(24)13-9-17)20-5-4-14-28(20)22(29)18-10-6-16(2)7-11-18/h6-13,20H,3-5,14-15H2,1-2H3. The van der Waals surface area contributed by atoms with Gasteiger partial charge in [-0.15, -0.1) is 10.2 Å². The number of rotatable bonds is 6. The van der Waals surface area contributed by atoms with Gasteiger partial charge in [-0.05, 0) is 56.5 Å². The van der Waals surface area contributed by atoms with Crippen molar-refractivity contribution >= 4 is 29.3 Å². The van der Waals surface area contributed by atoms with Gasteiger partial charge in [0.25, 0.3) is 5.91 Å². The maximum atomic E-state index is 13.1. The number of halogens is 1. The first-order valence-corrected chi connectivity index (χ1v) is 11.6. The third kappa shape index (κ3) is 4.40. The molecule has 0 spiro atoms. The Morgan fingerprint density at radius 3 is 2.57 bits per heavy atom. The molecule has 1 aromatic heterocycles. The van der Waals surface area contributed by atoms with Gasteiger partial charge in [-0.1, -0.05) is 53.2 Å². The number of aryl methyl sites for hydroxylation is 1. The molecule has 7 heteroatoms. The lowest BCUT2D eigenvalue weighted by Crippen LogP contribution is -2.32. The lowest BCUT2D eigenvalue weighted by atomic mass is 10.1. The van der Waals surface area contributed by atoms with E-state index in [1.165, 1.54) is 5.56 Å². The van der Waals surface area contributed by atoms with Crippen LogP contribution in [-0.4, -0.2) is 32.1 Å². The molecule has 0 aliphatic carbocycles. The first kappa shape index (κ1) is 20.9. The highest BCUT2D eigenvalue weighted by Gasteiger charge is 2.34. The Morgan fingerprint density at radius 1 is 1.13 bits per heavy atom. The van der Waals surface area contributed by atoms with Gasteiger partial charge in [0, 0.05) is 29.4 Å². The summed E-state index contributed by atoms with van der Waals surface area (Å²) >= 11 is 7.64. The van der Waals surface area contributed by atoms with Crippen LogP contribution in [0.5, 0.6) is 0 Å². The summed E-state index contributed by atoms with van der Waals surface area (Å²) in [5.74, 6) is 1.75. The predicted molar refractivity (Wildman–Crippen MR) is 121 cm³/mol. The first-order chi connectivity index (χ1) is 14.6. The van der Waals surface area contributed by atoms with Crippen molar-refractivity contribution in [3.05, 3.63) is 76.1 Å². The van der Waals surface area contributed by atoms with Crippen LogP contribution in [0.15, 0.2) is 53.7 Å². The van der Waals surface area contributed by atoms with Crippen LogP contribution in [0.25, 0.3) is 0 Å². The third-order valence-electron chi connectivity index (χ3n) is 5.45. The molecule has 2 heterocycles. The van der Waals surface area contributed by atoms with E-state index < -0.39 is 0 Å². The van der Waals surface area contributed by atoms with E-state index in [9.17, 15) is 4.79 Å². The Bertz CT molecular complexity index is 1020. The zero-order valence-electron chi connectivity index (χ0n) is 17.2. The molecule has 1 saturated heterocycles. The minimum atomic E-state index is -0.0314. The fraction of sp³-hybridized carbons (Fsp3) is 0.348. The molecule has 1 amide bonds. The number of carbonyl (C=O) groups excluding carboxylic acids is 1. The monoisotopic (exact) mass is 440 g/mol. The highest BCUT2D eigenvalue weighted by Crippen LogP contribution is 2.34. The maximum Gasteiger partial charge on any atom is 0.254 e. The van der Waals surface area contributed by atoms with Crippen LogP contribution in [0.1, 0.15) is 53.1 Å². The average Bonchev–Trinajstić information content (AvgIpc) is 3.39. The van der Waals surface area contributed by atoms with E-state index >= 15 is 0 Å². The molecule has 0 N–H and O–H groups in total. The second-order valence-corrected chi connectivity index (χ2v) is 8.90. The number of hydrogen-bond acceptors (Lipinski definition) is 4. The molecule has 1 aliphatic rings. The molecule has 156 valence electrons. The summed E-state index contributed by atoms with van der Waals surface area (Å²) in [5, 5.41) is 10.6. The van der Waals surface area contributed by atoms with Crippen LogP contribution in [0.2, 0.25) is 5.02 Å². The Balaban J connectivity index is 1.53. The average molecular weight is 441 g/mol. The molecule has 0 bridgehead atoms. The summed E-state index contributed by atoms with van der Waals surface area (Å²) in [6, 6.07) is 15.6. The molecule has 30 heavy (non-hydrogen) atoms. The number of aromatic nitrogens is 3. The topological polar surface area (TPSA) is 51.0 Å². The van der Waals surface area contributed by atoms with Crippen molar-refractivity contribution in [3.8, 4) is 0 Å². The maximum absolute atomic E-state index is 13.1. The van der Waals surface area contributed by atoms with Gasteiger partial charge in [0.05, 0.1) is 6.04 Å². The lowest BCUT2D eigenvalue weighted by molar-refractivity contribution is 0.0727. The van der Waals surface area contributed by atoms with Crippen molar-refractivity contribution < 1.29 is 4.79 Å². The summed E-state index contributed by atoms with van der Waals surface area (Å²) in [6.07, 6.45) is 1.89. The summed E-state index contributed by atoms with van der Waals surface area (Å²) < 4.78 is 2.14. The van der Waals surface area contributed by atoms with Crippen LogP contribution >= 0.6 is 23.4 Å². The Kier molecular flexibility index (Phi) is 6.44. The van der Waals surface area contributed by atoms with Gasteiger partial charge < -0.3 is 9.47 Å². The van der Waals surface area contributed by atoms with Gasteiger partial charge in [-0.3, -0.25) is 4.79 Å². The van der Waals surface area contributed by atoms with Crippen molar-refractivity contribution in [1.29, 1.82) is 0 Å². The molecule has 1 unspecified atom stereocenters. The smallest absolute Gasteiger partial charge is 0.254 e. The van der Waals surface area contributed by atoms with Crippen molar-refractivity contribution in [2.24, 2.45) is 0 Å². The fourth-order valence-electron chi connectivity index (χ4n) is 3.82. The van der Waals surface area contributed by atoms with Gasteiger partial charge in [-0.25, -0.2) is 0 Å². The number of hydrogen-bond donors (Lipinski definition) is 0. The van der Waals surface area contributed by atoms with Gasteiger partial charge in [0.2, 0.25) is 0 Å². The molecule has 1 atom stereocenters. The van der Waals surface area contributed by atoms with E-state index in [4.69, 9.17) is 11.6 Å². The summed E-state index contributed by atoms with van der Waals surface area (Å²) in [6.45, 7) is 5.65. The largest absolute Gasteiger partial charge is 0.328 e. The molecular weight excluding hydrogens is 416 g/mol. The Morgan fingerprint density at radius 2 is 1.87 bits per heavy atom. The van der Waals surface area contributed by atoms with E-state index in [0.29, 0.717) is 0 Å². The Labute approximate surface area is 186 Å². The van der Waals surface area contributed by atoms with E-state index in [1.807, 2.05) is 60.4 Å². The van der Waals surface area contributed by atoms with Crippen LogP contribution in [0.4, 0.5) is 0 Å².